The minimum absolute atomic E-state index is 0.137. The van der Waals surface area contributed by atoms with Gasteiger partial charge in [-0.1, -0.05) is 19.3 Å². The Balaban J connectivity index is 3.25. The van der Waals surface area contributed by atoms with Crippen LogP contribution in [-0.2, 0) is 14.3 Å². The Hall–Kier alpha value is -1.10. The lowest BCUT2D eigenvalue weighted by Crippen LogP contribution is -2.26. The molecule has 1 N–H and O–H groups in total. The van der Waals surface area contributed by atoms with Crippen molar-refractivity contribution >= 4 is 11.9 Å². The van der Waals surface area contributed by atoms with E-state index in [2.05, 4.69) is 15.0 Å². The molecule has 0 saturated heterocycles. The van der Waals surface area contributed by atoms with Gasteiger partial charge in [0.2, 0.25) is 5.91 Å². The first-order valence-electron chi connectivity index (χ1n) is 7.54. The zero-order valence-corrected chi connectivity index (χ0v) is 13.2. The molecule has 0 aliphatic carbocycles. The lowest BCUT2D eigenvalue weighted by atomic mass is 10.1. The molecule has 0 aliphatic heterocycles. The summed E-state index contributed by atoms with van der Waals surface area (Å²) in [5.41, 5.74) is 0. The molecule has 0 unspecified atom stereocenters. The first kappa shape index (κ1) is 18.9. The van der Waals surface area contributed by atoms with E-state index in [1.54, 1.807) is 0 Å². The maximum atomic E-state index is 11.5. The third kappa shape index (κ3) is 13.3. The summed E-state index contributed by atoms with van der Waals surface area (Å²) >= 11 is 0. The van der Waals surface area contributed by atoms with Crippen LogP contribution in [0.4, 0.5) is 0 Å². The summed E-state index contributed by atoms with van der Waals surface area (Å²) in [5.74, 6) is 0.0143. The van der Waals surface area contributed by atoms with Crippen LogP contribution in [-0.4, -0.2) is 51.1 Å². The molecule has 0 atom stereocenters. The van der Waals surface area contributed by atoms with Crippen molar-refractivity contribution in [2.45, 2.75) is 51.4 Å². The van der Waals surface area contributed by atoms with E-state index in [1.807, 2.05) is 14.1 Å². The molecule has 0 aromatic carbocycles. The van der Waals surface area contributed by atoms with Gasteiger partial charge in [0.1, 0.15) is 0 Å². The number of esters is 1. The van der Waals surface area contributed by atoms with Crippen molar-refractivity contribution in [3.63, 3.8) is 0 Å². The van der Waals surface area contributed by atoms with Crippen LogP contribution in [0.5, 0.6) is 0 Å². The third-order valence-corrected chi connectivity index (χ3v) is 3.12. The number of carbonyl (C=O) groups is 2. The Kier molecular flexibility index (Phi) is 12.2. The van der Waals surface area contributed by atoms with E-state index in [-0.39, 0.29) is 11.9 Å². The predicted octanol–water partition coefficient (Wildman–Crippen LogP) is 1.96. The fourth-order valence-electron chi connectivity index (χ4n) is 1.90. The molecule has 0 aliphatic rings. The van der Waals surface area contributed by atoms with Gasteiger partial charge in [0.15, 0.2) is 0 Å². The Morgan fingerprint density at radius 2 is 1.55 bits per heavy atom. The van der Waals surface area contributed by atoms with Gasteiger partial charge >= 0.3 is 5.97 Å². The highest BCUT2D eigenvalue weighted by Gasteiger charge is 2.02. The van der Waals surface area contributed by atoms with Crippen molar-refractivity contribution in [1.82, 2.24) is 10.2 Å². The van der Waals surface area contributed by atoms with Crippen LogP contribution in [0.15, 0.2) is 0 Å². The molecule has 0 spiro atoms. The smallest absolute Gasteiger partial charge is 0.305 e. The highest BCUT2D eigenvalue weighted by atomic mass is 16.5. The summed E-state index contributed by atoms with van der Waals surface area (Å²) in [6.45, 7) is 1.76. The van der Waals surface area contributed by atoms with E-state index in [0.717, 1.165) is 51.6 Å². The minimum atomic E-state index is -0.137. The summed E-state index contributed by atoms with van der Waals surface area (Å²) in [6, 6.07) is 0. The second-order valence-corrected chi connectivity index (χ2v) is 5.35. The number of ether oxygens (including phenoxy) is 1. The van der Waals surface area contributed by atoms with Crippen LogP contribution in [0.2, 0.25) is 0 Å². The Morgan fingerprint density at radius 3 is 2.15 bits per heavy atom. The summed E-state index contributed by atoms with van der Waals surface area (Å²) in [6.07, 6.45) is 7.06. The van der Waals surface area contributed by atoms with Gasteiger partial charge in [-0.05, 0) is 39.9 Å². The molecule has 0 fully saturated rings. The van der Waals surface area contributed by atoms with Gasteiger partial charge in [-0.15, -0.1) is 0 Å². The lowest BCUT2D eigenvalue weighted by Gasteiger charge is -2.09. The fourth-order valence-corrected chi connectivity index (χ4v) is 1.90. The van der Waals surface area contributed by atoms with Gasteiger partial charge < -0.3 is 15.0 Å². The van der Waals surface area contributed by atoms with Crippen LogP contribution in [0.3, 0.4) is 0 Å². The van der Waals surface area contributed by atoms with E-state index < -0.39 is 0 Å². The number of rotatable bonds is 12. The Morgan fingerprint density at radius 1 is 0.950 bits per heavy atom. The van der Waals surface area contributed by atoms with E-state index in [0.29, 0.717) is 12.8 Å². The van der Waals surface area contributed by atoms with Crippen LogP contribution in [0.25, 0.3) is 0 Å². The molecule has 0 rings (SSSR count). The van der Waals surface area contributed by atoms with Gasteiger partial charge in [-0.2, -0.15) is 0 Å². The molecule has 1 amide bonds. The van der Waals surface area contributed by atoms with E-state index >= 15 is 0 Å². The number of amides is 1. The van der Waals surface area contributed by atoms with Gasteiger partial charge in [0.25, 0.3) is 0 Å². The lowest BCUT2D eigenvalue weighted by molar-refractivity contribution is -0.140. The van der Waals surface area contributed by atoms with Crippen molar-refractivity contribution in [1.29, 1.82) is 0 Å². The molecular weight excluding hydrogens is 256 g/mol. The monoisotopic (exact) mass is 286 g/mol. The summed E-state index contributed by atoms with van der Waals surface area (Å²) in [7, 11) is 5.48. The van der Waals surface area contributed by atoms with Gasteiger partial charge in [-0.25, -0.2) is 0 Å². The first-order chi connectivity index (χ1) is 9.56. The molecular formula is C15H30N2O3. The second-order valence-electron chi connectivity index (χ2n) is 5.35. The molecule has 0 aromatic rings. The summed E-state index contributed by atoms with van der Waals surface area (Å²) < 4.78 is 4.58. The van der Waals surface area contributed by atoms with Crippen molar-refractivity contribution in [2.75, 3.05) is 34.3 Å². The zero-order valence-electron chi connectivity index (χ0n) is 13.2. The van der Waals surface area contributed by atoms with Crippen LogP contribution in [0, 0.1) is 0 Å². The number of hydrogen-bond donors (Lipinski definition) is 1. The molecule has 5 nitrogen and oxygen atoms in total. The van der Waals surface area contributed by atoms with Gasteiger partial charge in [-0.3, -0.25) is 9.59 Å². The van der Waals surface area contributed by atoms with Crippen LogP contribution in [0.1, 0.15) is 51.4 Å². The number of methoxy groups -OCH3 is 1. The van der Waals surface area contributed by atoms with Gasteiger partial charge in [0.05, 0.1) is 7.11 Å². The predicted molar refractivity (Wildman–Crippen MR) is 80.5 cm³/mol. The standard InChI is InChI=1S/C15H30N2O3/c1-17(2)13-9-12-16-14(18)10-7-5-4-6-8-11-15(19)20-3/h4-13H2,1-3H3,(H,16,18). The number of nitrogens with zero attached hydrogens (tertiary/aromatic N) is 1. The second kappa shape index (κ2) is 12.9. The van der Waals surface area contributed by atoms with Crippen molar-refractivity contribution in [3.05, 3.63) is 0 Å². The largest absolute Gasteiger partial charge is 0.469 e. The SMILES string of the molecule is COC(=O)CCCCCCCC(=O)NCCCN(C)C. The molecule has 0 radical (unpaired) electrons. The molecule has 0 heterocycles. The van der Waals surface area contributed by atoms with Crippen molar-refractivity contribution in [2.24, 2.45) is 0 Å². The topological polar surface area (TPSA) is 58.6 Å². The van der Waals surface area contributed by atoms with Crippen LogP contribution >= 0.6 is 0 Å². The number of nitrogens with one attached hydrogen (secondary N) is 1. The molecule has 20 heavy (non-hydrogen) atoms. The summed E-state index contributed by atoms with van der Waals surface area (Å²) in [5, 5.41) is 2.94. The molecule has 5 heteroatoms. The maximum Gasteiger partial charge on any atom is 0.305 e. The quantitative estimate of drug-likeness (QED) is 0.440. The summed E-state index contributed by atoms with van der Waals surface area (Å²) in [4.78, 5) is 24.5. The zero-order chi connectivity index (χ0) is 15.2. The number of carbonyl (C=O) groups excluding carboxylic acids is 2. The van der Waals surface area contributed by atoms with Gasteiger partial charge in [0, 0.05) is 19.4 Å². The number of unbranched alkanes of at least 4 members (excludes halogenated alkanes) is 4. The first-order valence-corrected chi connectivity index (χ1v) is 7.54. The highest BCUT2D eigenvalue weighted by molar-refractivity contribution is 5.75. The average Bonchev–Trinajstić information content (AvgIpc) is 2.42. The Bertz CT molecular complexity index is 268. The van der Waals surface area contributed by atoms with Crippen molar-refractivity contribution in [3.8, 4) is 0 Å². The number of hydrogen-bond acceptors (Lipinski definition) is 4. The van der Waals surface area contributed by atoms with Crippen molar-refractivity contribution < 1.29 is 14.3 Å². The highest BCUT2D eigenvalue weighted by Crippen LogP contribution is 2.07. The van der Waals surface area contributed by atoms with E-state index in [9.17, 15) is 9.59 Å². The molecule has 118 valence electrons. The molecule has 0 bridgehead atoms. The molecule has 0 saturated carbocycles. The van der Waals surface area contributed by atoms with Crippen LogP contribution < -0.4 is 5.32 Å². The maximum absolute atomic E-state index is 11.5. The average molecular weight is 286 g/mol. The fraction of sp³-hybridized carbons (Fsp3) is 0.867. The van der Waals surface area contributed by atoms with E-state index in [4.69, 9.17) is 0 Å². The minimum Gasteiger partial charge on any atom is -0.469 e. The van der Waals surface area contributed by atoms with E-state index in [1.165, 1.54) is 7.11 Å². The normalized spacial score (nSPS) is 10.6. The molecule has 0 aromatic heterocycles. The third-order valence-electron chi connectivity index (χ3n) is 3.12. The Labute approximate surface area is 123 Å².